The topological polar surface area (TPSA) is 12.0 Å². The molecule has 2 fully saturated rings. The monoisotopic (exact) mass is 223 g/mol. The highest BCUT2D eigenvalue weighted by atomic mass is 15.0. The fourth-order valence-corrected chi connectivity index (χ4v) is 3.80. The highest BCUT2D eigenvalue weighted by molar-refractivity contribution is 4.85. The minimum absolute atomic E-state index is 0.834. The van der Waals surface area contributed by atoms with E-state index in [0.717, 1.165) is 23.9 Å². The second-order valence-electron chi connectivity index (χ2n) is 6.19. The summed E-state index contributed by atoms with van der Waals surface area (Å²) in [6.07, 6.45) is 13.0. The molecule has 16 heavy (non-hydrogen) atoms. The maximum atomic E-state index is 3.99. The van der Waals surface area contributed by atoms with E-state index in [1.165, 1.54) is 57.8 Å². The standard InChI is InChI=1S/C15H29N/c1-3-13-8-4-5-10-15(13)16-14-9-6-7-12(2)11-14/h12-16H,3-11H2,1-2H3. The summed E-state index contributed by atoms with van der Waals surface area (Å²) in [6.45, 7) is 4.79. The lowest BCUT2D eigenvalue weighted by Gasteiger charge is -2.37. The average Bonchev–Trinajstić information content (AvgIpc) is 2.30. The highest BCUT2D eigenvalue weighted by Crippen LogP contribution is 2.30. The van der Waals surface area contributed by atoms with Crippen LogP contribution in [0.25, 0.3) is 0 Å². The summed E-state index contributed by atoms with van der Waals surface area (Å²) in [7, 11) is 0. The largest absolute Gasteiger partial charge is 0.311 e. The van der Waals surface area contributed by atoms with Gasteiger partial charge in [-0.15, -0.1) is 0 Å². The molecule has 2 aliphatic carbocycles. The van der Waals surface area contributed by atoms with Gasteiger partial charge in [-0.25, -0.2) is 0 Å². The van der Waals surface area contributed by atoms with E-state index in [2.05, 4.69) is 19.2 Å². The van der Waals surface area contributed by atoms with Crippen molar-refractivity contribution in [2.24, 2.45) is 11.8 Å². The fraction of sp³-hybridized carbons (Fsp3) is 1.00. The molecule has 0 aromatic heterocycles. The number of nitrogens with one attached hydrogen (secondary N) is 1. The predicted octanol–water partition coefficient (Wildman–Crippen LogP) is 4.12. The number of hydrogen-bond acceptors (Lipinski definition) is 1. The van der Waals surface area contributed by atoms with E-state index in [-0.39, 0.29) is 0 Å². The van der Waals surface area contributed by atoms with E-state index in [9.17, 15) is 0 Å². The third-order valence-corrected chi connectivity index (χ3v) is 4.82. The lowest BCUT2D eigenvalue weighted by atomic mass is 9.80. The van der Waals surface area contributed by atoms with E-state index < -0.39 is 0 Å². The van der Waals surface area contributed by atoms with Gasteiger partial charge in [0.05, 0.1) is 0 Å². The Kier molecular flexibility index (Phi) is 4.69. The Bertz CT molecular complexity index is 202. The summed E-state index contributed by atoms with van der Waals surface area (Å²) >= 11 is 0. The van der Waals surface area contributed by atoms with Gasteiger partial charge in [0, 0.05) is 12.1 Å². The molecule has 2 rings (SSSR count). The van der Waals surface area contributed by atoms with Crippen LogP contribution < -0.4 is 5.32 Å². The molecule has 1 nitrogen and oxygen atoms in total. The minimum Gasteiger partial charge on any atom is -0.311 e. The van der Waals surface area contributed by atoms with Crippen LogP contribution in [-0.4, -0.2) is 12.1 Å². The molecule has 1 heteroatoms. The van der Waals surface area contributed by atoms with Crippen LogP contribution in [0.15, 0.2) is 0 Å². The lowest BCUT2D eigenvalue weighted by Crippen LogP contribution is -2.45. The van der Waals surface area contributed by atoms with Gasteiger partial charge in [-0.2, -0.15) is 0 Å². The Morgan fingerprint density at radius 1 is 1.00 bits per heavy atom. The van der Waals surface area contributed by atoms with Crippen molar-refractivity contribution in [2.45, 2.75) is 83.7 Å². The third-order valence-electron chi connectivity index (χ3n) is 4.82. The molecule has 0 saturated heterocycles. The maximum Gasteiger partial charge on any atom is 0.00978 e. The zero-order chi connectivity index (χ0) is 11.4. The van der Waals surface area contributed by atoms with Gasteiger partial charge in [0.25, 0.3) is 0 Å². The van der Waals surface area contributed by atoms with E-state index in [1.807, 2.05) is 0 Å². The van der Waals surface area contributed by atoms with Crippen LogP contribution in [0.3, 0.4) is 0 Å². The molecule has 4 atom stereocenters. The van der Waals surface area contributed by atoms with Gasteiger partial charge in [0.1, 0.15) is 0 Å². The summed E-state index contributed by atoms with van der Waals surface area (Å²) in [5.74, 6) is 1.92. The molecule has 0 aromatic carbocycles. The summed E-state index contributed by atoms with van der Waals surface area (Å²) in [6, 6.07) is 1.68. The summed E-state index contributed by atoms with van der Waals surface area (Å²) < 4.78 is 0. The molecule has 0 aliphatic heterocycles. The van der Waals surface area contributed by atoms with Crippen molar-refractivity contribution in [1.82, 2.24) is 5.32 Å². The highest BCUT2D eigenvalue weighted by Gasteiger charge is 2.27. The predicted molar refractivity (Wildman–Crippen MR) is 70.6 cm³/mol. The molecule has 1 N–H and O–H groups in total. The van der Waals surface area contributed by atoms with Crippen LogP contribution in [0.1, 0.15) is 71.6 Å². The smallest absolute Gasteiger partial charge is 0.00978 e. The quantitative estimate of drug-likeness (QED) is 0.759. The first-order chi connectivity index (χ1) is 7.79. The molecular formula is C15H29N. The minimum atomic E-state index is 0.834. The van der Waals surface area contributed by atoms with Crippen LogP contribution >= 0.6 is 0 Å². The summed E-state index contributed by atoms with van der Waals surface area (Å²) in [5.41, 5.74) is 0. The zero-order valence-corrected chi connectivity index (χ0v) is 11.2. The van der Waals surface area contributed by atoms with Gasteiger partial charge in [0.2, 0.25) is 0 Å². The molecule has 94 valence electrons. The molecule has 0 radical (unpaired) electrons. The molecule has 0 bridgehead atoms. The normalized spacial score (nSPS) is 40.9. The lowest BCUT2D eigenvalue weighted by molar-refractivity contribution is 0.202. The van der Waals surface area contributed by atoms with Crippen molar-refractivity contribution >= 4 is 0 Å². The zero-order valence-electron chi connectivity index (χ0n) is 11.2. The van der Waals surface area contributed by atoms with Gasteiger partial charge in [-0.05, 0) is 37.5 Å². The van der Waals surface area contributed by atoms with Crippen molar-refractivity contribution in [3.05, 3.63) is 0 Å². The molecule has 0 aromatic rings. The van der Waals surface area contributed by atoms with E-state index >= 15 is 0 Å². The second-order valence-corrected chi connectivity index (χ2v) is 6.19. The Hall–Kier alpha value is -0.0400. The molecule has 2 saturated carbocycles. The van der Waals surface area contributed by atoms with E-state index in [4.69, 9.17) is 0 Å². The van der Waals surface area contributed by atoms with Crippen molar-refractivity contribution < 1.29 is 0 Å². The summed E-state index contributed by atoms with van der Waals surface area (Å²) in [4.78, 5) is 0. The van der Waals surface area contributed by atoms with Crippen LogP contribution in [0, 0.1) is 11.8 Å². The Balaban J connectivity index is 1.82. The van der Waals surface area contributed by atoms with Gasteiger partial charge in [-0.3, -0.25) is 0 Å². The van der Waals surface area contributed by atoms with Gasteiger partial charge < -0.3 is 5.32 Å². The van der Waals surface area contributed by atoms with Crippen molar-refractivity contribution in [3.8, 4) is 0 Å². The Morgan fingerprint density at radius 3 is 2.56 bits per heavy atom. The van der Waals surface area contributed by atoms with Crippen LogP contribution in [0.2, 0.25) is 0 Å². The van der Waals surface area contributed by atoms with Gasteiger partial charge in [-0.1, -0.05) is 46.0 Å². The first-order valence-corrected chi connectivity index (χ1v) is 7.55. The average molecular weight is 223 g/mol. The Morgan fingerprint density at radius 2 is 1.81 bits per heavy atom. The van der Waals surface area contributed by atoms with Crippen LogP contribution in [0.4, 0.5) is 0 Å². The van der Waals surface area contributed by atoms with E-state index in [0.29, 0.717) is 0 Å². The van der Waals surface area contributed by atoms with Gasteiger partial charge in [0.15, 0.2) is 0 Å². The molecule has 0 heterocycles. The third kappa shape index (κ3) is 3.23. The van der Waals surface area contributed by atoms with Crippen LogP contribution in [0.5, 0.6) is 0 Å². The van der Waals surface area contributed by atoms with Crippen molar-refractivity contribution in [3.63, 3.8) is 0 Å². The van der Waals surface area contributed by atoms with Crippen LogP contribution in [-0.2, 0) is 0 Å². The first-order valence-electron chi connectivity index (χ1n) is 7.55. The molecular weight excluding hydrogens is 194 g/mol. The summed E-state index contributed by atoms with van der Waals surface area (Å²) in [5, 5.41) is 3.99. The molecule has 2 aliphatic rings. The second kappa shape index (κ2) is 6.05. The van der Waals surface area contributed by atoms with E-state index in [1.54, 1.807) is 0 Å². The first kappa shape index (κ1) is 12.4. The molecule has 4 unspecified atom stereocenters. The number of rotatable bonds is 3. The van der Waals surface area contributed by atoms with Crippen molar-refractivity contribution in [1.29, 1.82) is 0 Å². The number of hydrogen-bond donors (Lipinski definition) is 1. The fourth-order valence-electron chi connectivity index (χ4n) is 3.80. The Labute approximate surface area is 101 Å². The van der Waals surface area contributed by atoms with Crippen molar-refractivity contribution in [2.75, 3.05) is 0 Å². The molecule has 0 spiro atoms. The maximum absolute atomic E-state index is 3.99. The van der Waals surface area contributed by atoms with Gasteiger partial charge >= 0.3 is 0 Å². The SMILES string of the molecule is CCC1CCCCC1NC1CCCC(C)C1. The molecule has 0 amide bonds.